The zero-order valence-electron chi connectivity index (χ0n) is 5.61. The minimum absolute atomic E-state index is 0.151. The lowest BCUT2D eigenvalue weighted by molar-refractivity contribution is -0.150. The van der Waals surface area contributed by atoms with E-state index in [2.05, 4.69) is 0 Å². The fourth-order valence-corrected chi connectivity index (χ4v) is 1.40. The van der Waals surface area contributed by atoms with Crippen molar-refractivity contribution in [2.45, 2.75) is 0 Å². The Morgan fingerprint density at radius 3 is 1.90 bits per heavy atom. The summed E-state index contributed by atoms with van der Waals surface area (Å²) in [6.07, 6.45) is 0. The van der Waals surface area contributed by atoms with Crippen LogP contribution < -0.4 is 0 Å². The van der Waals surface area contributed by atoms with Crippen LogP contribution in [0.5, 0.6) is 0 Å². The van der Waals surface area contributed by atoms with Gasteiger partial charge in [-0.2, -0.15) is 0 Å². The zero-order chi connectivity index (χ0) is 7.45. The Bertz CT molecular complexity index is 95.9. The minimum Gasteiger partial charge on any atom is -0.355 e. The van der Waals surface area contributed by atoms with Gasteiger partial charge in [0.25, 0.3) is 0 Å². The average molecular weight is 185 g/mol. The van der Waals surface area contributed by atoms with Gasteiger partial charge in [-0.15, -0.1) is 23.2 Å². The van der Waals surface area contributed by atoms with E-state index in [0.29, 0.717) is 31.8 Å². The van der Waals surface area contributed by atoms with E-state index in [1.165, 1.54) is 0 Å². The Morgan fingerprint density at radius 1 is 1.10 bits per heavy atom. The van der Waals surface area contributed by atoms with E-state index < -0.39 is 0 Å². The molecule has 0 aromatic rings. The summed E-state index contributed by atoms with van der Waals surface area (Å²) in [5, 5.41) is 0. The molecule has 2 nitrogen and oxygen atoms in total. The third kappa shape index (κ3) is 1.76. The van der Waals surface area contributed by atoms with Crippen LogP contribution in [0.2, 0.25) is 0 Å². The average Bonchev–Trinajstić information content (AvgIpc) is 2.06. The molecule has 60 valence electrons. The topological polar surface area (TPSA) is 18.5 Å². The van der Waals surface area contributed by atoms with Crippen LogP contribution in [0.25, 0.3) is 0 Å². The zero-order valence-corrected chi connectivity index (χ0v) is 7.12. The summed E-state index contributed by atoms with van der Waals surface area (Å²) < 4.78 is 10.2. The summed E-state index contributed by atoms with van der Waals surface area (Å²) in [6, 6.07) is 0. The minimum atomic E-state index is -0.151. The standard InChI is InChI=1S/C6H10Cl2O2/c7-1-6(2-8)3-9-5-10-4-6/h1-5H2. The normalized spacial score (nSPS) is 24.6. The van der Waals surface area contributed by atoms with Crippen LogP contribution in [-0.4, -0.2) is 31.8 Å². The summed E-state index contributed by atoms with van der Waals surface area (Å²) in [7, 11) is 0. The molecule has 0 amide bonds. The fourth-order valence-electron chi connectivity index (χ4n) is 0.807. The Hall–Kier alpha value is 0.500. The highest BCUT2D eigenvalue weighted by molar-refractivity contribution is 6.21. The van der Waals surface area contributed by atoms with Crippen molar-refractivity contribution in [1.29, 1.82) is 0 Å². The van der Waals surface area contributed by atoms with E-state index in [1.54, 1.807) is 0 Å². The smallest absolute Gasteiger partial charge is 0.146 e. The highest BCUT2D eigenvalue weighted by Crippen LogP contribution is 2.25. The van der Waals surface area contributed by atoms with Gasteiger partial charge in [-0.3, -0.25) is 0 Å². The first-order valence-corrected chi connectivity index (χ1v) is 4.17. The molecule has 0 bridgehead atoms. The van der Waals surface area contributed by atoms with Gasteiger partial charge < -0.3 is 9.47 Å². The number of alkyl halides is 2. The van der Waals surface area contributed by atoms with Crippen molar-refractivity contribution in [3.05, 3.63) is 0 Å². The van der Waals surface area contributed by atoms with Gasteiger partial charge in [-0.25, -0.2) is 0 Å². The molecule has 0 spiro atoms. The van der Waals surface area contributed by atoms with Crippen LogP contribution >= 0.6 is 23.2 Å². The van der Waals surface area contributed by atoms with Crippen LogP contribution in [0, 0.1) is 5.41 Å². The van der Waals surface area contributed by atoms with E-state index in [1.807, 2.05) is 0 Å². The van der Waals surface area contributed by atoms with Crippen LogP contribution in [0.1, 0.15) is 0 Å². The van der Waals surface area contributed by atoms with Crippen LogP contribution in [0.3, 0.4) is 0 Å². The molecule has 1 aliphatic heterocycles. The molecule has 1 saturated heterocycles. The molecular formula is C6H10Cl2O2. The number of hydrogen-bond acceptors (Lipinski definition) is 2. The lowest BCUT2D eigenvalue weighted by atomic mass is 9.95. The second kappa shape index (κ2) is 3.77. The molecule has 0 aromatic heterocycles. The molecule has 0 unspecified atom stereocenters. The summed E-state index contributed by atoms with van der Waals surface area (Å²) in [6.45, 7) is 1.59. The number of halogens is 2. The van der Waals surface area contributed by atoms with Gasteiger partial charge in [0.15, 0.2) is 0 Å². The molecule has 0 N–H and O–H groups in total. The summed E-state index contributed by atoms with van der Waals surface area (Å²) >= 11 is 11.4. The number of hydrogen-bond donors (Lipinski definition) is 0. The molecule has 1 rings (SSSR count). The monoisotopic (exact) mass is 184 g/mol. The maximum atomic E-state index is 5.69. The van der Waals surface area contributed by atoms with Gasteiger partial charge in [0.05, 0.1) is 13.2 Å². The molecule has 0 atom stereocenters. The third-order valence-electron chi connectivity index (χ3n) is 1.55. The highest BCUT2D eigenvalue weighted by atomic mass is 35.5. The molecular weight excluding hydrogens is 175 g/mol. The first kappa shape index (κ1) is 8.60. The van der Waals surface area contributed by atoms with Gasteiger partial charge in [-0.1, -0.05) is 0 Å². The lowest BCUT2D eigenvalue weighted by Crippen LogP contribution is -2.40. The molecule has 1 fully saturated rings. The van der Waals surface area contributed by atoms with Crippen molar-refractivity contribution in [2.75, 3.05) is 31.8 Å². The fraction of sp³-hybridized carbons (Fsp3) is 1.00. The van der Waals surface area contributed by atoms with E-state index >= 15 is 0 Å². The van der Waals surface area contributed by atoms with E-state index in [0.717, 1.165) is 0 Å². The molecule has 0 radical (unpaired) electrons. The van der Waals surface area contributed by atoms with Crippen molar-refractivity contribution >= 4 is 23.2 Å². The third-order valence-corrected chi connectivity index (χ3v) is 2.68. The van der Waals surface area contributed by atoms with Crippen LogP contribution in [0.4, 0.5) is 0 Å². The quantitative estimate of drug-likeness (QED) is 0.606. The summed E-state index contributed by atoms with van der Waals surface area (Å²) in [5.41, 5.74) is -0.151. The maximum absolute atomic E-state index is 5.69. The van der Waals surface area contributed by atoms with E-state index in [-0.39, 0.29) is 5.41 Å². The Morgan fingerprint density at radius 2 is 1.60 bits per heavy atom. The van der Waals surface area contributed by atoms with E-state index in [9.17, 15) is 0 Å². The number of ether oxygens (including phenoxy) is 2. The second-order valence-electron chi connectivity index (χ2n) is 2.58. The second-order valence-corrected chi connectivity index (χ2v) is 3.12. The van der Waals surface area contributed by atoms with Gasteiger partial charge in [0.1, 0.15) is 6.79 Å². The van der Waals surface area contributed by atoms with Gasteiger partial charge in [0.2, 0.25) is 0 Å². The largest absolute Gasteiger partial charge is 0.355 e. The van der Waals surface area contributed by atoms with Crippen molar-refractivity contribution in [3.8, 4) is 0 Å². The van der Waals surface area contributed by atoms with Crippen molar-refractivity contribution in [2.24, 2.45) is 5.41 Å². The molecule has 0 saturated carbocycles. The summed E-state index contributed by atoms with van der Waals surface area (Å²) in [5.74, 6) is 0.993. The highest BCUT2D eigenvalue weighted by Gasteiger charge is 2.31. The number of rotatable bonds is 2. The molecule has 1 heterocycles. The molecule has 10 heavy (non-hydrogen) atoms. The van der Waals surface area contributed by atoms with Gasteiger partial charge >= 0.3 is 0 Å². The predicted octanol–water partition coefficient (Wildman–Crippen LogP) is 1.45. The van der Waals surface area contributed by atoms with Crippen molar-refractivity contribution in [3.63, 3.8) is 0 Å². The Balaban J connectivity index is 2.44. The molecule has 4 heteroatoms. The predicted molar refractivity (Wildman–Crippen MR) is 40.6 cm³/mol. The van der Waals surface area contributed by atoms with Crippen LogP contribution in [-0.2, 0) is 9.47 Å². The van der Waals surface area contributed by atoms with Gasteiger partial charge in [-0.05, 0) is 0 Å². The first-order valence-electron chi connectivity index (χ1n) is 3.10. The van der Waals surface area contributed by atoms with Crippen molar-refractivity contribution < 1.29 is 9.47 Å². The maximum Gasteiger partial charge on any atom is 0.146 e. The first-order chi connectivity index (χ1) is 4.83. The van der Waals surface area contributed by atoms with E-state index in [4.69, 9.17) is 32.7 Å². The lowest BCUT2D eigenvalue weighted by Gasteiger charge is -2.32. The molecule has 0 aromatic carbocycles. The Labute approximate surface area is 70.4 Å². The molecule has 0 aliphatic carbocycles. The van der Waals surface area contributed by atoms with Crippen molar-refractivity contribution in [1.82, 2.24) is 0 Å². The Kier molecular flexibility index (Phi) is 3.24. The van der Waals surface area contributed by atoms with Gasteiger partial charge in [0, 0.05) is 17.2 Å². The molecule has 1 aliphatic rings. The summed E-state index contributed by atoms with van der Waals surface area (Å²) in [4.78, 5) is 0. The SMILES string of the molecule is ClCC1(CCl)COCOC1. The van der Waals surface area contributed by atoms with Crippen LogP contribution in [0.15, 0.2) is 0 Å².